The molecule has 0 aliphatic rings. The Morgan fingerprint density at radius 1 is 1.33 bits per heavy atom. The predicted molar refractivity (Wildman–Crippen MR) is 86.7 cm³/mol. The lowest BCUT2D eigenvalue weighted by atomic mass is 10.0. The number of amides is 1. The standard InChI is InChI=1S/C17H28N2O2/c1-14(2)13-19(11-12-21-4)17(20)16-8-6-5-7-15(16)9-10-18-3/h5-8,14,18H,9-13H2,1-4H3. The van der Waals surface area contributed by atoms with E-state index in [2.05, 4.69) is 19.2 Å². The maximum atomic E-state index is 12.8. The fourth-order valence-electron chi connectivity index (χ4n) is 2.29. The highest BCUT2D eigenvalue weighted by Crippen LogP contribution is 2.14. The molecule has 0 heterocycles. The summed E-state index contributed by atoms with van der Waals surface area (Å²) in [7, 11) is 3.59. The van der Waals surface area contributed by atoms with Crippen LogP contribution in [0.5, 0.6) is 0 Å². The van der Waals surface area contributed by atoms with Crippen LogP contribution in [0.15, 0.2) is 24.3 Å². The van der Waals surface area contributed by atoms with Gasteiger partial charge in [-0.3, -0.25) is 4.79 Å². The van der Waals surface area contributed by atoms with E-state index >= 15 is 0 Å². The van der Waals surface area contributed by atoms with Gasteiger partial charge in [0.15, 0.2) is 0 Å². The molecule has 0 unspecified atom stereocenters. The summed E-state index contributed by atoms with van der Waals surface area (Å²) in [5, 5.41) is 3.13. The van der Waals surface area contributed by atoms with E-state index in [4.69, 9.17) is 4.74 Å². The van der Waals surface area contributed by atoms with Crippen molar-refractivity contribution in [3.05, 3.63) is 35.4 Å². The highest BCUT2D eigenvalue weighted by Gasteiger charge is 2.19. The number of hydrogen-bond acceptors (Lipinski definition) is 3. The molecule has 1 aromatic rings. The van der Waals surface area contributed by atoms with Gasteiger partial charge in [0, 0.05) is 25.8 Å². The van der Waals surface area contributed by atoms with Crippen molar-refractivity contribution in [2.75, 3.05) is 40.4 Å². The molecule has 1 N–H and O–H groups in total. The van der Waals surface area contributed by atoms with Crippen LogP contribution in [-0.4, -0.2) is 51.2 Å². The van der Waals surface area contributed by atoms with Crippen LogP contribution in [0.4, 0.5) is 0 Å². The van der Waals surface area contributed by atoms with E-state index in [-0.39, 0.29) is 5.91 Å². The van der Waals surface area contributed by atoms with E-state index in [0.717, 1.165) is 30.6 Å². The van der Waals surface area contributed by atoms with Crippen molar-refractivity contribution >= 4 is 5.91 Å². The molecule has 1 rings (SSSR count). The summed E-state index contributed by atoms with van der Waals surface area (Å²) in [4.78, 5) is 14.7. The highest BCUT2D eigenvalue weighted by atomic mass is 16.5. The summed E-state index contributed by atoms with van der Waals surface area (Å²) in [6.45, 7) is 7.07. The normalized spacial score (nSPS) is 10.9. The van der Waals surface area contributed by atoms with Gasteiger partial charge in [0.1, 0.15) is 0 Å². The van der Waals surface area contributed by atoms with Gasteiger partial charge in [-0.25, -0.2) is 0 Å². The van der Waals surface area contributed by atoms with Gasteiger partial charge < -0.3 is 15.0 Å². The second-order valence-corrected chi connectivity index (χ2v) is 5.65. The molecule has 21 heavy (non-hydrogen) atoms. The lowest BCUT2D eigenvalue weighted by molar-refractivity contribution is 0.0671. The molecule has 0 fully saturated rings. The minimum atomic E-state index is 0.104. The van der Waals surface area contributed by atoms with E-state index in [1.54, 1.807) is 7.11 Å². The molecule has 0 saturated carbocycles. The molecule has 1 aromatic carbocycles. The van der Waals surface area contributed by atoms with E-state index in [0.29, 0.717) is 19.1 Å². The number of ether oxygens (including phenoxy) is 1. The molecule has 0 atom stereocenters. The predicted octanol–water partition coefficient (Wildman–Crippen LogP) is 2.19. The molecular formula is C17H28N2O2. The third-order valence-corrected chi connectivity index (χ3v) is 3.33. The summed E-state index contributed by atoms with van der Waals surface area (Å²) in [5.74, 6) is 0.544. The quantitative estimate of drug-likeness (QED) is 0.758. The number of benzene rings is 1. The van der Waals surface area contributed by atoms with Crippen LogP contribution in [0, 0.1) is 5.92 Å². The summed E-state index contributed by atoms with van der Waals surface area (Å²) in [5.41, 5.74) is 1.91. The average Bonchev–Trinajstić information content (AvgIpc) is 2.48. The molecule has 118 valence electrons. The van der Waals surface area contributed by atoms with Gasteiger partial charge >= 0.3 is 0 Å². The van der Waals surface area contributed by atoms with Crippen LogP contribution >= 0.6 is 0 Å². The van der Waals surface area contributed by atoms with Crippen molar-refractivity contribution in [2.24, 2.45) is 5.92 Å². The molecule has 0 bridgehead atoms. The van der Waals surface area contributed by atoms with Crippen molar-refractivity contribution in [3.8, 4) is 0 Å². The first-order valence-corrected chi connectivity index (χ1v) is 7.60. The number of carbonyl (C=O) groups is 1. The summed E-state index contributed by atoms with van der Waals surface area (Å²) in [6, 6.07) is 7.88. The fraction of sp³-hybridized carbons (Fsp3) is 0.588. The van der Waals surface area contributed by atoms with Gasteiger partial charge in [-0.2, -0.15) is 0 Å². The fourth-order valence-corrected chi connectivity index (χ4v) is 2.29. The minimum absolute atomic E-state index is 0.104. The summed E-state index contributed by atoms with van der Waals surface area (Å²) < 4.78 is 5.13. The van der Waals surface area contributed by atoms with Crippen molar-refractivity contribution in [3.63, 3.8) is 0 Å². The van der Waals surface area contributed by atoms with Crippen LogP contribution < -0.4 is 5.32 Å². The Balaban J connectivity index is 2.91. The van der Waals surface area contributed by atoms with Gasteiger partial charge in [0.2, 0.25) is 0 Å². The van der Waals surface area contributed by atoms with Crippen molar-refractivity contribution in [2.45, 2.75) is 20.3 Å². The SMILES string of the molecule is CNCCc1ccccc1C(=O)N(CCOC)CC(C)C. The first-order valence-electron chi connectivity index (χ1n) is 7.60. The number of methoxy groups -OCH3 is 1. The minimum Gasteiger partial charge on any atom is -0.383 e. The van der Waals surface area contributed by atoms with Crippen LogP contribution in [0.1, 0.15) is 29.8 Å². The number of hydrogen-bond donors (Lipinski definition) is 1. The van der Waals surface area contributed by atoms with Crippen LogP contribution in [0.2, 0.25) is 0 Å². The van der Waals surface area contributed by atoms with E-state index in [9.17, 15) is 4.79 Å². The smallest absolute Gasteiger partial charge is 0.254 e. The van der Waals surface area contributed by atoms with Crippen LogP contribution in [-0.2, 0) is 11.2 Å². The molecule has 1 amide bonds. The molecular weight excluding hydrogens is 264 g/mol. The maximum Gasteiger partial charge on any atom is 0.254 e. The van der Waals surface area contributed by atoms with Crippen molar-refractivity contribution < 1.29 is 9.53 Å². The van der Waals surface area contributed by atoms with Gasteiger partial charge in [0.25, 0.3) is 5.91 Å². The van der Waals surface area contributed by atoms with Crippen LogP contribution in [0.25, 0.3) is 0 Å². The van der Waals surface area contributed by atoms with Crippen molar-refractivity contribution in [1.29, 1.82) is 0 Å². The Kier molecular flexibility index (Phi) is 8.01. The molecule has 4 nitrogen and oxygen atoms in total. The maximum absolute atomic E-state index is 12.8. The van der Waals surface area contributed by atoms with E-state index in [1.165, 1.54) is 0 Å². The Morgan fingerprint density at radius 2 is 2.05 bits per heavy atom. The van der Waals surface area contributed by atoms with E-state index < -0.39 is 0 Å². The molecule has 0 radical (unpaired) electrons. The van der Waals surface area contributed by atoms with Crippen LogP contribution in [0.3, 0.4) is 0 Å². The lowest BCUT2D eigenvalue weighted by Crippen LogP contribution is -2.37. The largest absolute Gasteiger partial charge is 0.383 e. The Labute approximate surface area is 128 Å². The zero-order chi connectivity index (χ0) is 15.7. The van der Waals surface area contributed by atoms with Gasteiger partial charge in [-0.1, -0.05) is 32.0 Å². The molecule has 0 saturated heterocycles. The molecule has 4 heteroatoms. The second kappa shape index (κ2) is 9.53. The first-order chi connectivity index (χ1) is 10.1. The van der Waals surface area contributed by atoms with Gasteiger partial charge in [0.05, 0.1) is 6.61 Å². The Bertz CT molecular complexity index is 433. The second-order valence-electron chi connectivity index (χ2n) is 5.65. The molecule has 0 aliphatic heterocycles. The average molecular weight is 292 g/mol. The third kappa shape index (κ3) is 5.86. The topological polar surface area (TPSA) is 41.6 Å². The molecule has 0 aliphatic carbocycles. The number of nitrogens with zero attached hydrogens (tertiary/aromatic N) is 1. The number of rotatable bonds is 9. The monoisotopic (exact) mass is 292 g/mol. The Morgan fingerprint density at radius 3 is 2.67 bits per heavy atom. The molecule has 0 aromatic heterocycles. The summed E-state index contributed by atoms with van der Waals surface area (Å²) >= 11 is 0. The Hall–Kier alpha value is -1.39. The lowest BCUT2D eigenvalue weighted by Gasteiger charge is -2.25. The molecule has 0 spiro atoms. The highest BCUT2D eigenvalue weighted by molar-refractivity contribution is 5.95. The number of carbonyl (C=O) groups excluding carboxylic acids is 1. The first kappa shape index (κ1) is 17.7. The zero-order valence-electron chi connectivity index (χ0n) is 13.7. The zero-order valence-corrected chi connectivity index (χ0v) is 13.7. The van der Waals surface area contributed by atoms with E-state index in [1.807, 2.05) is 36.2 Å². The third-order valence-electron chi connectivity index (χ3n) is 3.33. The van der Waals surface area contributed by atoms with Gasteiger partial charge in [-0.15, -0.1) is 0 Å². The van der Waals surface area contributed by atoms with Gasteiger partial charge in [-0.05, 0) is 37.6 Å². The van der Waals surface area contributed by atoms with Crippen molar-refractivity contribution in [1.82, 2.24) is 10.2 Å². The summed E-state index contributed by atoms with van der Waals surface area (Å²) in [6.07, 6.45) is 0.859. The number of likely N-dealkylation sites (N-methyl/N-ethyl adjacent to an activating group) is 1. The number of nitrogens with one attached hydrogen (secondary N) is 1.